The molecule has 2 N–H and O–H groups in total. The third-order valence-corrected chi connectivity index (χ3v) is 9.52. The topological polar surface area (TPSA) is 126 Å². The minimum Gasteiger partial charge on any atom is -0.354 e. The molecule has 0 aromatic heterocycles. The van der Waals surface area contributed by atoms with Crippen LogP contribution in [0.4, 0.5) is 22.7 Å². The Hall–Kier alpha value is -7.06. The number of hydrogen-bond donors (Lipinski definition) is 2. The first-order valence-corrected chi connectivity index (χ1v) is 15.9. The van der Waals surface area contributed by atoms with E-state index in [2.05, 4.69) is 10.6 Å². The molecule has 50 heavy (non-hydrogen) atoms. The molecule has 8 nitrogen and oxygen atoms in total. The number of nitrogens with one attached hydrogen (secondary N) is 2. The van der Waals surface area contributed by atoms with Crippen LogP contribution in [0, 0.1) is 0 Å². The summed E-state index contributed by atoms with van der Waals surface area (Å²) in [4.78, 5) is 82.5. The molecule has 0 radical (unpaired) electrons. The molecule has 0 saturated heterocycles. The molecule has 0 bridgehead atoms. The molecular weight excluding hydrogens is 628 g/mol. The van der Waals surface area contributed by atoms with Crippen LogP contribution in [0.5, 0.6) is 0 Å². The van der Waals surface area contributed by atoms with Gasteiger partial charge in [-0.15, -0.1) is 0 Å². The number of benzene rings is 6. The minimum absolute atomic E-state index is 0.129. The Kier molecular flexibility index (Phi) is 6.25. The molecule has 0 aliphatic heterocycles. The van der Waals surface area contributed by atoms with Crippen molar-refractivity contribution in [1.29, 1.82) is 0 Å². The van der Waals surface area contributed by atoms with Crippen LogP contribution in [0.15, 0.2) is 121 Å². The van der Waals surface area contributed by atoms with E-state index in [0.29, 0.717) is 45.0 Å². The van der Waals surface area contributed by atoms with Crippen LogP contribution in [0.2, 0.25) is 0 Å². The summed E-state index contributed by atoms with van der Waals surface area (Å²) in [6.07, 6.45) is 0. The van der Waals surface area contributed by atoms with Crippen LogP contribution in [0.1, 0.15) is 95.5 Å². The molecule has 0 heterocycles. The number of rotatable bonds is 4. The summed E-state index contributed by atoms with van der Waals surface area (Å²) in [5, 5.41) is 6.40. The van der Waals surface area contributed by atoms with Crippen molar-refractivity contribution in [3.63, 3.8) is 0 Å². The van der Waals surface area contributed by atoms with Crippen molar-refractivity contribution in [2.75, 3.05) is 10.6 Å². The van der Waals surface area contributed by atoms with Gasteiger partial charge in [0.15, 0.2) is 34.7 Å². The van der Waals surface area contributed by atoms with Crippen molar-refractivity contribution in [2.24, 2.45) is 0 Å². The molecule has 0 saturated carbocycles. The highest BCUT2D eigenvalue weighted by molar-refractivity contribution is 6.34. The highest BCUT2D eigenvalue weighted by atomic mass is 16.2. The molecule has 3 aliphatic carbocycles. The number of carbonyl (C=O) groups excluding carboxylic acids is 6. The van der Waals surface area contributed by atoms with E-state index in [1.807, 2.05) is 0 Å². The number of hydrogen-bond acceptors (Lipinski definition) is 8. The third-order valence-electron chi connectivity index (χ3n) is 9.52. The van der Waals surface area contributed by atoms with E-state index in [4.69, 9.17) is 0 Å². The van der Waals surface area contributed by atoms with E-state index in [0.717, 1.165) is 0 Å². The van der Waals surface area contributed by atoms with Crippen molar-refractivity contribution < 1.29 is 28.8 Å². The number of anilines is 4. The molecule has 9 rings (SSSR count). The van der Waals surface area contributed by atoms with Crippen molar-refractivity contribution in [3.8, 4) is 0 Å². The van der Waals surface area contributed by atoms with E-state index in [1.165, 1.54) is 0 Å². The summed E-state index contributed by atoms with van der Waals surface area (Å²) in [6.45, 7) is 0. The van der Waals surface area contributed by atoms with E-state index >= 15 is 0 Å². The van der Waals surface area contributed by atoms with Crippen LogP contribution in [0.25, 0.3) is 0 Å². The number of fused-ring (bicyclic) bond motifs is 6. The van der Waals surface area contributed by atoms with Crippen molar-refractivity contribution in [3.05, 3.63) is 188 Å². The second kappa shape index (κ2) is 10.7. The fourth-order valence-electron chi connectivity index (χ4n) is 7.24. The first-order chi connectivity index (χ1) is 24.3. The highest BCUT2D eigenvalue weighted by Gasteiger charge is 2.36. The van der Waals surface area contributed by atoms with E-state index in [9.17, 15) is 28.8 Å². The molecule has 6 aromatic carbocycles. The van der Waals surface area contributed by atoms with Gasteiger partial charge in [-0.25, -0.2) is 0 Å². The van der Waals surface area contributed by atoms with Gasteiger partial charge in [0.1, 0.15) is 0 Å². The lowest BCUT2D eigenvalue weighted by molar-refractivity contribution is 0.0979. The maximum atomic E-state index is 14.3. The maximum absolute atomic E-state index is 14.3. The zero-order chi connectivity index (χ0) is 34.3. The summed E-state index contributed by atoms with van der Waals surface area (Å²) in [5.41, 5.74) is 3.96. The molecule has 0 amide bonds. The minimum atomic E-state index is -0.422. The van der Waals surface area contributed by atoms with Gasteiger partial charge in [-0.05, 0) is 24.3 Å². The Labute approximate surface area is 284 Å². The van der Waals surface area contributed by atoms with Crippen LogP contribution in [-0.4, -0.2) is 34.7 Å². The van der Waals surface area contributed by atoms with Crippen molar-refractivity contribution in [2.45, 2.75) is 0 Å². The monoisotopic (exact) mass is 650 g/mol. The Morgan fingerprint density at radius 1 is 0.240 bits per heavy atom. The lowest BCUT2D eigenvalue weighted by Gasteiger charge is -2.25. The molecule has 236 valence electrons. The molecule has 6 aromatic rings. The SMILES string of the molecule is O=C1c2ccccc2C(=O)c2c(Nc3cccc4c3C(=O)c3cccc(Nc5cccc6c5C(=O)c5ccccc5C6=O)c3C4=O)cccc21. The Morgan fingerprint density at radius 3 is 0.760 bits per heavy atom. The summed E-state index contributed by atoms with van der Waals surface area (Å²) < 4.78 is 0. The Morgan fingerprint density at radius 2 is 0.460 bits per heavy atom. The maximum Gasteiger partial charge on any atom is 0.196 e. The second-order valence-electron chi connectivity index (χ2n) is 12.2. The third kappa shape index (κ3) is 4.05. The Balaban J connectivity index is 1.10. The van der Waals surface area contributed by atoms with Gasteiger partial charge in [0.05, 0.1) is 45.0 Å². The van der Waals surface area contributed by atoms with Gasteiger partial charge < -0.3 is 10.6 Å². The lowest BCUT2D eigenvalue weighted by atomic mass is 9.81. The van der Waals surface area contributed by atoms with Gasteiger partial charge in [0, 0.05) is 44.5 Å². The molecule has 8 heteroatoms. The molecule has 3 aliphatic rings. The number of carbonyl (C=O) groups is 6. The fourth-order valence-corrected chi connectivity index (χ4v) is 7.24. The predicted molar refractivity (Wildman–Crippen MR) is 186 cm³/mol. The highest BCUT2D eigenvalue weighted by Crippen LogP contribution is 2.40. The first-order valence-electron chi connectivity index (χ1n) is 15.9. The molecule has 0 unspecified atom stereocenters. The predicted octanol–water partition coefficient (Wildman–Crippen LogP) is 7.50. The molecule has 0 fully saturated rings. The quantitative estimate of drug-likeness (QED) is 0.201. The standard InChI is InChI=1S/C42H22N2O6/c45-37-21-9-1-3-11-23(21)39(47)33-25(37)13-5-17-29(33)43-31-19-7-15-27-35(31)41(49)28-16-8-20-32(36(28)42(27)50)44-30-18-6-14-26-34(30)40(48)24-12-4-2-10-22(24)38(26)46/h1-20,43-44H. The van der Waals surface area contributed by atoms with Gasteiger partial charge in [-0.2, -0.15) is 0 Å². The van der Waals surface area contributed by atoms with Gasteiger partial charge >= 0.3 is 0 Å². The van der Waals surface area contributed by atoms with Gasteiger partial charge in [0.25, 0.3) is 0 Å². The van der Waals surface area contributed by atoms with Crippen LogP contribution in [0.3, 0.4) is 0 Å². The summed E-state index contributed by atoms with van der Waals surface area (Å²) in [6, 6.07) is 32.8. The normalized spacial score (nSPS) is 13.8. The summed E-state index contributed by atoms with van der Waals surface area (Å²) in [7, 11) is 0. The van der Waals surface area contributed by atoms with E-state index in [1.54, 1.807) is 121 Å². The van der Waals surface area contributed by atoms with Crippen molar-refractivity contribution in [1.82, 2.24) is 0 Å². The summed E-state index contributed by atoms with van der Waals surface area (Å²) in [5.74, 6) is -2.03. The van der Waals surface area contributed by atoms with E-state index < -0.39 is 11.6 Å². The zero-order valence-corrected chi connectivity index (χ0v) is 26.0. The first kappa shape index (κ1) is 29.1. The average Bonchev–Trinajstić information content (AvgIpc) is 3.15. The van der Waals surface area contributed by atoms with E-state index in [-0.39, 0.29) is 67.6 Å². The van der Waals surface area contributed by atoms with Gasteiger partial charge in [-0.1, -0.05) is 97.1 Å². The molecule has 0 atom stereocenters. The Bertz CT molecular complexity index is 2440. The van der Waals surface area contributed by atoms with Crippen molar-refractivity contribution >= 4 is 57.4 Å². The largest absolute Gasteiger partial charge is 0.354 e. The molecule has 0 spiro atoms. The zero-order valence-electron chi connectivity index (χ0n) is 26.0. The smallest absolute Gasteiger partial charge is 0.196 e. The average molecular weight is 651 g/mol. The second-order valence-corrected chi connectivity index (χ2v) is 12.2. The van der Waals surface area contributed by atoms with Crippen LogP contribution < -0.4 is 10.6 Å². The van der Waals surface area contributed by atoms with Crippen LogP contribution in [-0.2, 0) is 0 Å². The lowest BCUT2D eigenvalue weighted by Crippen LogP contribution is -2.25. The van der Waals surface area contributed by atoms with Crippen LogP contribution >= 0.6 is 0 Å². The fraction of sp³-hybridized carbons (Fsp3) is 0. The van der Waals surface area contributed by atoms with Gasteiger partial charge in [0.2, 0.25) is 0 Å². The molecular formula is C42H22N2O6. The summed E-state index contributed by atoms with van der Waals surface area (Å²) >= 11 is 0. The number of ketones is 6. The van der Waals surface area contributed by atoms with Gasteiger partial charge in [-0.3, -0.25) is 28.8 Å².